The minimum Gasteiger partial charge on any atom is -0.487 e. The lowest BCUT2D eigenvalue weighted by molar-refractivity contribution is 0.134. The SMILES string of the molecule is OC[C@H]1Cc2c(cc(OCc3ccccc3)c(Br)c2F)O1. The van der Waals surface area contributed by atoms with Crippen molar-refractivity contribution in [2.24, 2.45) is 0 Å². The number of aliphatic hydroxyl groups is 1. The maximum Gasteiger partial charge on any atom is 0.148 e. The van der Waals surface area contributed by atoms with Gasteiger partial charge in [-0.05, 0) is 21.5 Å². The molecule has 1 atom stereocenters. The summed E-state index contributed by atoms with van der Waals surface area (Å²) in [6.45, 7) is 0.215. The number of aliphatic hydroxyl groups excluding tert-OH is 1. The van der Waals surface area contributed by atoms with Crippen molar-refractivity contribution in [3.05, 3.63) is 57.8 Å². The number of ether oxygens (including phenoxy) is 2. The lowest BCUT2D eigenvalue weighted by Crippen LogP contribution is -2.17. The molecule has 1 aliphatic rings. The van der Waals surface area contributed by atoms with Crippen LogP contribution in [0.3, 0.4) is 0 Å². The first-order valence-corrected chi connectivity index (χ1v) is 7.43. The zero-order chi connectivity index (χ0) is 14.8. The van der Waals surface area contributed by atoms with E-state index in [1.54, 1.807) is 6.07 Å². The molecule has 0 saturated carbocycles. The van der Waals surface area contributed by atoms with Crippen molar-refractivity contribution in [1.82, 2.24) is 0 Å². The highest BCUT2D eigenvalue weighted by molar-refractivity contribution is 9.10. The summed E-state index contributed by atoms with van der Waals surface area (Å²) in [6.07, 6.45) is -0.0133. The molecule has 0 unspecified atom stereocenters. The summed E-state index contributed by atoms with van der Waals surface area (Å²) in [5.41, 5.74) is 1.48. The van der Waals surface area contributed by atoms with Crippen molar-refractivity contribution in [2.75, 3.05) is 6.61 Å². The first-order chi connectivity index (χ1) is 10.2. The molecule has 0 spiro atoms. The van der Waals surface area contributed by atoms with Crippen LogP contribution in [-0.2, 0) is 13.0 Å². The quantitative estimate of drug-likeness (QED) is 0.915. The summed E-state index contributed by atoms with van der Waals surface area (Å²) in [5.74, 6) is 0.456. The minimum atomic E-state index is -0.384. The van der Waals surface area contributed by atoms with Gasteiger partial charge in [-0.3, -0.25) is 0 Å². The Morgan fingerprint density at radius 3 is 2.81 bits per heavy atom. The van der Waals surface area contributed by atoms with E-state index in [2.05, 4.69) is 15.9 Å². The second-order valence-electron chi connectivity index (χ2n) is 4.88. The third kappa shape index (κ3) is 2.89. The summed E-state index contributed by atoms with van der Waals surface area (Å²) >= 11 is 3.23. The van der Waals surface area contributed by atoms with Gasteiger partial charge in [-0.25, -0.2) is 4.39 Å². The number of halogens is 2. The van der Waals surface area contributed by atoms with Crippen LogP contribution < -0.4 is 9.47 Å². The van der Waals surface area contributed by atoms with E-state index in [0.29, 0.717) is 34.6 Å². The van der Waals surface area contributed by atoms with Crippen molar-refractivity contribution < 1.29 is 19.0 Å². The third-order valence-electron chi connectivity index (χ3n) is 3.40. The second-order valence-corrected chi connectivity index (χ2v) is 5.67. The van der Waals surface area contributed by atoms with Gasteiger partial charge in [0.05, 0.1) is 11.1 Å². The number of hydrogen-bond acceptors (Lipinski definition) is 3. The lowest BCUT2D eigenvalue weighted by atomic mass is 10.1. The van der Waals surface area contributed by atoms with Crippen LogP contribution >= 0.6 is 15.9 Å². The topological polar surface area (TPSA) is 38.7 Å². The second kappa shape index (κ2) is 6.03. The molecule has 0 amide bonds. The summed E-state index contributed by atoms with van der Waals surface area (Å²) < 4.78 is 25.8. The number of fused-ring (bicyclic) bond motifs is 1. The van der Waals surface area contributed by atoms with Crippen LogP contribution in [0.1, 0.15) is 11.1 Å². The third-order valence-corrected chi connectivity index (χ3v) is 4.14. The van der Waals surface area contributed by atoms with E-state index in [1.165, 1.54) is 0 Å². The number of hydrogen-bond donors (Lipinski definition) is 1. The Labute approximate surface area is 130 Å². The van der Waals surface area contributed by atoms with E-state index in [-0.39, 0.29) is 18.5 Å². The average molecular weight is 353 g/mol. The van der Waals surface area contributed by atoms with E-state index in [1.807, 2.05) is 30.3 Å². The molecular weight excluding hydrogens is 339 g/mol. The van der Waals surface area contributed by atoms with Crippen molar-refractivity contribution >= 4 is 15.9 Å². The molecule has 1 aliphatic heterocycles. The van der Waals surface area contributed by atoms with Crippen LogP contribution in [0, 0.1) is 5.82 Å². The van der Waals surface area contributed by atoms with Crippen LogP contribution in [0.4, 0.5) is 4.39 Å². The van der Waals surface area contributed by atoms with Crippen LogP contribution in [0.15, 0.2) is 40.9 Å². The smallest absolute Gasteiger partial charge is 0.148 e. The minimum absolute atomic E-state index is 0.133. The zero-order valence-corrected chi connectivity index (χ0v) is 12.8. The Bertz CT molecular complexity index is 646. The number of benzene rings is 2. The molecule has 0 aromatic heterocycles. The standard InChI is InChI=1S/C16H14BrFO3/c17-15-14(20-9-10-4-2-1-3-5-10)7-13-12(16(15)18)6-11(8-19)21-13/h1-5,7,11,19H,6,8-9H2/t11-/m1/s1. The highest BCUT2D eigenvalue weighted by Gasteiger charge is 2.28. The van der Waals surface area contributed by atoms with Crippen molar-refractivity contribution in [3.63, 3.8) is 0 Å². The molecule has 2 aromatic rings. The molecule has 0 bridgehead atoms. The van der Waals surface area contributed by atoms with Crippen LogP contribution in [0.5, 0.6) is 11.5 Å². The molecule has 110 valence electrons. The van der Waals surface area contributed by atoms with Gasteiger partial charge in [0.15, 0.2) is 0 Å². The fourth-order valence-corrected chi connectivity index (χ4v) is 2.77. The maximum absolute atomic E-state index is 14.3. The van der Waals surface area contributed by atoms with Gasteiger partial charge in [0.2, 0.25) is 0 Å². The molecule has 21 heavy (non-hydrogen) atoms. The van der Waals surface area contributed by atoms with E-state index in [9.17, 15) is 4.39 Å². The predicted molar refractivity (Wildman–Crippen MR) is 80.1 cm³/mol. The van der Waals surface area contributed by atoms with Gasteiger partial charge in [0.1, 0.15) is 30.0 Å². The lowest BCUT2D eigenvalue weighted by Gasteiger charge is -2.11. The Morgan fingerprint density at radius 2 is 2.10 bits per heavy atom. The molecule has 5 heteroatoms. The molecule has 1 N–H and O–H groups in total. The summed E-state index contributed by atoms with van der Waals surface area (Å²) in [6, 6.07) is 11.3. The first-order valence-electron chi connectivity index (χ1n) is 6.64. The molecular formula is C16H14BrFO3. The van der Waals surface area contributed by atoms with Gasteiger partial charge in [-0.2, -0.15) is 0 Å². The zero-order valence-electron chi connectivity index (χ0n) is 11.2. The van der Waals surface area contributed by atoms with Gasteiger partial charge in [0, 0.05) is 18.1 Å². The fraction of sp³-hybridized carbons (Fsp3) is 0.250. The molecule has 3 rings (SSSR count). The molecule has 0 aliphatic carbocycles. The molecule has 2 aromatic carbocycles. The van der Waals surface area contributed by atoms with Crippen molar-refractivity contribution in [3.8, 4) is 11.5 Å². The van der Waals surface area contributed by atoms with Crippen LogP contribution in [0.2, 0.25) is 0 Å². The predicted octanol–water partition coefficient (Wildman–Crippen LogP) is 3.46. The van der Waals surface area contributed by atoms with Gasteiger partial charge in [-0.1, -0.05) is 30.3 Å². The maximum atomic E-state index is 14.3. The van der Waals surface area contributed by atoms with E-state index >= 15 is 0 Å². The summed E-state index contributed by atoms with van der Waals surface area (Å²) in [4.78, 5) is 0. The fourth-order valence-electron chi connectivity index (χ4n) is 2.30. The summed E-state index contributed by atoms with van der Waals surface area (Å²) in [5, 5.41) is 9.13. The van der Waals surface area contributed by atoms with E-state index < -0.39 is 0 Å². The average Bonchev–Trinajstić information content (AvgIpc) is 2.94. The van der Waals surface area contributed by atoms with Crippen LogP contribution in [-0.4, -0.2) is 17.8 Å². The first kappa shape index (κ1) is 14.4. The van der Waals surface area contributed by atoms with Crippen molar-refractivity contribution in [2.45, 2.75) is 19.1 Å². The molecule has 0 radical (unpaired) electrons. The van der Waals surface area contributed by atoms with Gasteiger partial charge < -0.3 is 14.6 Å². The van der Waals surface area contributed by atoms with Gasteiger partial charge in [0.25, 0.3) is 0 Å². The van der Waals surface area contributed by atoms with E-state index in [4.69, 9.17) is 14.6 Å². The van der Waals surface area contributed by atoms with Crippen molar-refractivity contribution in [1.29, 1.82) is 0 Å². The largest absolute Gasteiger partial charge is 0.487 e. The normalized spacial score (nSPS) is 16.4. The van der Waals surface area contributed by atoms with Crippen LogP contribution in [0.25, 0.3) is 0 Å². The van der Waals surface area contributed by atoms with Gasteiger partial charge >= 0.3 is 0 Å². The Morgan fingerprint density at radius 1 is 1.33 bits per heavy atom. The molecule has 0 fully saturated rings. The summed E-state index contributed by atoms with van der Waals surface area (Å²) in [7, 11) is 0. The molecule has 1 heterocycles. The number of rotatable bonds is 4. The molecule has 0 saturated heterocycles. The Hall–Kier alpha value is -1.59. The van der Waals surface area contributed by atoms with Gasteiger partial charge in [-0.15, -0.1) is 0 Å². The monoisotopic (exact) mass is 352 g/mol. The highest BCUT2D eigenvalue weighted by atomic mass is 79.9. The molecule has 3 nitrogen and oxygen atoms in total. The Balaban J connectivity index is 1.82. The Kier molecular flexibility index (Phi) is 4.12. The highest BCUT2D eigenvalue weighted by Crippen LogP contribution is 2.40. The van der Waals surface area contributed by atoms with E-state index in [0.717, 1.165) is 5.56 Å².